The van der Waals surface area contributed by atoms with E-state index in [1.54, 1.807) is 12.5 Å². The second-order valence-electron chi connectivity index (χ2n) is 4.37. The maximum atomic E-state index is 11.4. The lowest BCUT2D eigenvalue weighted by Crippen LogP contribution is -2.25. The number of nitrogens with one attached hydrogen (secondary N) is 1. The van der Waals surface area contributed by atoms with Crippen LogP contribution in [0.25, 0.3) is 0 Å². The normalized spacial score (nSPS) is 12.4. The number of nitrogens with two attached hydrogens (primary N) is 1. The molecule has 0 radical (unpaired) electrons. The Hall–Kier alpha value is -1.36. The number of carbonyl (C=O) groups excluding carboxylic acids is 1. The van der Waals surface area contributed by atoms with Crippen molar-refractivity contribution in [3.63, 3.8) is 0 Å². The number of hydrogen-bond donors (Lipinski definition) is 2. The molecule has 5 heteroatoms. The van der Waals surface area contributed by atoms with Gasteiger partial charge in [0.15, 0.2) is 0 Å². The molecule has 0 aliphatic heterocycles. The highest BCUT2D eigenvalue weighted by atomic mass is 16.1. The Balaban J connectivity index is 1.97. The van der Waals surface area contributed by atoms with Crippen molar-refractivity contribution in [2.45, 2.75) is 45.2 Å². The molecule has 0 bridgehead atoms. The first-order chi connectivity index (χ1) is 8.18. The maximum Gasteiger partial charge on any atom is 0.219 e. The fourth-order valence-corrected chi connectivity index (χ4v) is 1.58. The Morgan fingerprint density at radius 2 is 2.35 bits per heavy atom. The first-order valence-electron chi connectivity index (χ1n) is 6.16. The van der Waals surface area contributed by atoms with Crippen molar-refractivity contribution in [3.8, 4) is 0 Å². The van der Waals surface area contributed by atoms with Gasteiger partial charge in [0, 0.05) is 37.9 Å². The number of nitrogens with zero attached hydrogens (tertiary/aromatic N) is 2. The summed E-state index contributed by atoms with van der Waals surface area (Å²) in [7, 11) is 0. The summed E-state index contributed by atoms with van der Waals surface area (Å²) < 4.78 is 2.00. The van der Waals surface area contributed by atoms with Gasteiger partial charge in [-0.25, -0.2) is 4.98 Å². The van der Waals surface area contributed by atoms with Crippen LogP contribution in [0, 0.1) is 0 Å². The van der Waals surface area contributed by atoms with Crippen LogP contribution in [0.5, 0.6) is 0 Å². The van der Waals surface area contributed by atoms with Gasteiger partial charge in [-0.2, -0.15) is 0 Å². The van der Waals surface area contributed by atoms with Gasteiger partial charge in [-0.1, -0.05) is 0 Å². The Kier molecular flexibility index (Phi) is 6.32. The van der Waals surface area contributed by atoms with Gasteiger partial charge in [-0.05, 0) is 26.2 Å². The molecule has 1 heterocycles. The zero-order valence-electron chi connectivity index (χ0n) is 10.4. The summed E-state index contributed by atoms with van der Waals surface area (Å²) in [5.41, 5.74) is 5.61. The minimum Gasteiger partial charge on any atom is -0.356 e. The van der Waals surface area contributed by atoms with Gasteiger partial charge in [0.2, 0.25) is 5.91 Å². The zero-order valence-corrected chi connectivity index (χ0v) is 10.4. The van der Waals surface area contributed by atoms with Crippen molar-refractivity contribution in [3.05, 3.63) is 18.7 Å². The van der Waals surface area contributed by atoms with E-state index in [0.717, 1.165) is 32.4 Å². The lowest BCUT2D eigenvalue weighted by atomic mass is 10.1. The molecule has 0 saturated carbocycles. The SMILES string of the molecule is CC(N)CCCC(=O)NCCCn1ccnc1. The third kappa shape index (κ3) is 6.73. The third-order valence-electron chi connectivity index (χ3n) is 2.54. The van der Waals surface area contributed by atoms with Crippen molar-refractivity contribution < 1.29 is 4.79 Å². The van der Waals surface area contributed by atoms with Crippen molar-refractivity contribution in [2.75, 3.05) is 6.54 Å². The van der Waals surface area contributed by atoms with Crippen LogP contribution in [0.4, 0.5) is 0 Å². The highest BCUT2D eigenvalue weighted by Crippen LogP contribution is 1.98. The van der Waals surface area contributed by atoms with E-state index in [-0.39, 0.29) is 11.9 Å². The number of amides is 1. The largest absolute Gasteiger partial charge is 0.356 e. The number of hydrogen-bond acceptors (Lipinski definition) is 3. The Morgan fingerprint density at radius 1 is 1.53 bits per heavy atom. The Bertz CT molecular complexity index is 308. The smallest absolute Gasteiger partial charge is 0.219 e. The first kappa shape index (κ1) is 13.7. The molecule has 0 saturated heterocycles. The summed E-state index contributed by atoms with van der Waals surface area (Å²) >= 11 is 0. The number of aromatic nitrogens is 2. The molecule has 17 heavy (non-hydrogen) atoms. The summed E-state index contributed by atoms with van der Waals surface area (Å²) in [4.78, 5) is 15.4. The van der Waals surface area contributed by atoms with Crippen LogP contribution in [0.2, 0.25) is 0 Å². The maximum absolute atomic E-state index is 11.4. The van der Waals surface area contributed by atoms with Gasteiger partial charge < -0.3 is 15.6 Å². The van der Waals surface area contributed by atoms with Crippen LogP contribution in [0.15, 0.2) is 18.7 Å². The predicted molar refractivity (Wildman–Crippen MR) is 67.4 cm³/mol. The molecule has 1 rings (SSSR count). The second kappa shape index (κ2) is 7.84. The summed E-state index contributed by atoms with van der Waals surface area (Å²) in [6.07, 6.45) is 8.73. The van der Waals surface area contributed by atoms with Gasteiger partial charge in [0.1, 0.15) is 0 Å². The quantitative estimate of drug-likeness (QED) is 0.661. The number of imidazole rings is 1. The van der Waals surface area contributed by atoms with E-state index in [4.69, 9.17) is 5.73 Å². The lowest BCUT2D eigenvalue weighted by molar-refractivity contribution is -0.121. The molecule has 1 aromatic heterocycles. The minimum absolute atomic E-state index is 0.122. The molecule has 5 nitrogen and oxygen atoms in total. The predicted octanol–water partition coefficient (Wildman–Crippen LogP) is 0.907. The molecule has 1 atom stereocenters. The summed E-state index contributed by atoms with van der Waals surface area (Å²) in [6.45, 7) is 3.57. The van der Waals surface area contributed by atoms with E-state index < -0.39 is 0 Å². The first-order valence-corrected chi connectivity index (χ1v) is 6.16. The van der Waals surface area contributed by atoms with Crippen molar-refractivity contribution in [2.24, 2.45) is 5.73 Å². The van der Waals surface area contributed by atoms with Crippen LogP contribution in [0.3, 0.4) is 0 Å². The fourth-order valence-electron chi connectivity index (χ4n) is 1.58. The van der Waals surface area contributed by atoms with Crippen LogP contribution in [0.1, 0.15) is 32.6 Å². The molecule has 1 amide bonds. The molecular formula is C12H22N4O. The van der Waals surface area contributed by atoms with Crippen LogP contribution in [-0.2, 0) is 11.3 Å². The molecule has 0 spiro atoms. The van der Waals surface area contributed by atoms with Crippen LogP contribution >= 0.6 is 0 Å². The monoisotopic (exact) mass is 238 g/mol. The van der Waals surface area contributed by atoms with Crippen molar-refractivity contribution in [1.29, 1.82) is 0 Å². The summed E-state index contributed by atoms with van der Waals surface area (Å²) in [5.74, 6) is 0.122. The molecule has 0 aliphatic carbocycles. The molecule has 0 fully saturated rings. The van der Waals surface area contributed by atoms with Crippen LogP contribution in [-0.4, -0.2) is 28.0 Å². The van der Waals surface area contributed by atoms with E-state index in [1.807, 2.05) is 17.7 Å². The minimum atomic E-state index is 0.122. The lowest BCUT2D eigenvalue weighted by Gasteiger charge is -2.07. The molecule has 96 valence electrons. The highest BCUT2D eigenvalue weighted by molar-refractivity contribution is 5.75. The molecule has 0 aromatic carbocycles. The van der Waals surface area contributed by atoms with Gasteiger partial charge in [-0.3, -0.25) is 4.79 Å². The number of aryl methyl sites for hydroxylation is 1. The van der Waals surface area contributed by atoms with Crippen LogP contribution < -0.4 is 11.1 Å². The molecular weight excluding hydrogens is 216 g/mol. The summed E-state index contributed by atoms with van der Waals surface area (Å²) in [6, 6.07) is 0.184. The topological polar surface area (TPSA) is 72.9 Å². The Morgan fingerprint density at radius 3 is 3.00 bits per heavy atom. The third-order valence-corrected chi connectivity index (χ3v) is 2.54. The molecule has 0 aliphatic rings. The highest BCUT2D eigenvalue weighted by Gasteiger charge is 2.01. The molecule has 3 N–H and O–H groups in total. The Labute approximate surface area is 102 Å². The second-order valence-corrected chi connectivity index (χ2v) is 4.37. The van der Waals surface area contributed by atoms with E-state index >= 15 is 0 Å². The fraction of sp³-hybridized carbons (Fsp3) is 0.667. The average Bonchev–Trinajstić information content (AvgIpc) is 2.76. The summed E-state index contributed by atoms with van der Waals surface area (Å²) in [5, 5.41) is 2.91. The van der Waals surface area contributed by atoms with E-state index in [2.05, 4.69) is 10.3 Å². The van der Waals surface area contributed by atoms with Gasteiger partial charge in [0.25, 0.3) is 0 Å². The standard InChI is InChI=1S/C12H22N4O/c1-11(13)4-2-5-12(17)15-6-3-8-16-9-7-14-10-16/h7,9-11H,2-6,8,13H2,1H3,(H,15,17). The van der Waals surface area contributed by atoms with Gasteiger partial charge in [-0.15, -0.1) is 0 Å². The molecule has 1 aromatic rings. The van der Waals surface area contributed by atoms with E-state index in [1.165, 1.54) is 0 Å². The number of carbonyl (C=O) groups is 1. The molecule has 1 unspecified atom stereocenters. The van der Waals surface area contributed by atoms with Gasteiger partial charge >= 0.3 is 0 Å². The zero-order chi connectivity index (χ0) is 12.5. The van der Waals surface area contributed by atoms with Crippen molar-refractivity contribution >= 4 is 5.91 Å². The van der Waals surface area contributed by atoms with E-state index in [0.29, 0.717) is 6.42 Å². The van der Waals surface area contributed by atoms with Crippen molar-refractivity contribution in [1.82, 2.24) is 14.9 Å². The van der Waals surface area contributed by atoms with Gasteiger partial charge in [0.05, 0.1) is 6.33 Å². The number of rotatable bonds is 8. The van der Waals surface area contributed by atoms with E-state index in [9.17, 15) is 4.79 Å². The average molecular weight is 238 g/mol.